The monoisotopic (exact) mass is 595 g/mol. The molecule has 0 bridgehead atoms. The van der Waals surface area contributed by atoms with Crippen LogP contribution in [0.5, 0.6) is 0 Å². The van der Waals surface area contributed by atoms with Gasteiger partial charge in [0.2, 0.25) is 0 Å². The average molecular weight is 596 g/mol. The molecule has 1 aliphatic rings. The summed E-state index contributed by atoms with van der Waals surface area (Å²) in [6.45, 7) is 2.90. The van der Waals surface area contributed by atoms with Crippen LogP contribution in [0.2, 0.25) is 0 Å². The first-order chi connectivity index (χ1) is 20.4. The number of hydrogen-bond acceptors (Lipinski definition) is 4. The third kappa shape index (κ3) is 6.73. The fourth-order valence-electron chi connectivity index (χ4n) is 6.06. The van der Waals surface area contributed by atoms with Gasteiger partial charge in [-0.05, 0) is 73.9 Å². The Balaban J connectivity index is 1.53. The summed E-state index contributed by atoms with van der Waals surface area (Å²) in [6, 6.07) is 13.5. The highest BCUT2D eigenvalue weighted by Gasteiger charge is 2.41. The normalized spacial score (nSPS) is 15.7. The van der Waals surface area contributed by atoms with Gasteiger partial charge in [0.1, 0.15) is 11.6 Å². The molecule has 0 fully saturated rings. The number of benzene rings is 2. The van der Waals surface area contributed by atoms with E-state index in [9.17, 15) is 31.5 Å². The topological polar surface area (TPSA) is 64.8 Å². The first-order valence-corrected chi connectivity index (χ1v) is 14.1. The Morgan fingerprint density at radius 3 is 2.49 bits per heavy atom. The van der Waals surface area contributed by atoms with E-state index in [1.165, 1.54) is 23.7 Å². The fraction of sp³-hybridized carbons (Fsp3) is 0.333. The third-order valence-electron chi connectivity index (χ3n) is 7.90. The number of halogens is 5. The lowest BCUT2D eigenvalue weighted by Gasteiger charge is -2.22. The van der Waals surface area contributed by atoms with Crippen molar-refractivity contribution in [2.45, 2.75) is 70.5 Å². The average Bonchev–Trinajstić information content (AvgIpc) is 3.32. The molecule has 2 aromatic heterocycles. The van der Waals surface area contributed by atoms with Gasteiger partial charge in [-0.2, -0.15) is 18.3 Å². The molecule has 1 unspecified atom stereocenters. The quantitative estimate of drug-likeness (QED) is 0.146. The van der Waals surface area contributed by atoms with Crippen molar-refractivity contribution in [1.29, 1.82) is 0 Å². The maximum atomic E-state index is 14.1. The predicted octanol–water partition coefficient (Wildman–Crippen LogP) is 7.87. The Kier molecular flexibility index (Phi) is 8.57. The zero-order chi connectivity index (χ0) is 30.9. The standard InChI is InChI=1S/C33H30F5N3O2/c1-19-6-3-9-29-31(19)41(40-32(29)33(36,37)38)18-27(43)16-24(12-21-13-25(34)17-26(35)14-21)30-28(10-5-11-39-30)23-8-4-7-22(15-23)20(2)42/h4-5,7-8,10-11,13-15,17,19,24H,3,6,9,12,16,18H2,1-2H3/t19?,24-/m1/s1. The van der Waals surface area contributed by atoms with E-state index in [-0.39, 0.29) is 43.1 Å². The number of ketones is 2. The van der Waals surface area contributed by atoms with Crippen molar-refractivity contribution in [3.05, 3.63) is 106 Å². The van der Waals surface area contributed by atoms with Crippen LogP contribution in [-0.2, 0) is 30.4 Å². The van der Waals surface area contributed by atoms with Crippen LogP contribution in [0.25, 0.3) is 11.1 Å². The predicted molar refractivity (Wildman–Crippen MR) is 151 cm³/mol. The minimum absolute atomic E-state index is 0.0399. The first-order valence-electron chi connectivity index (χ1n) is 14.1. The molecule has 0 radical (unpaired) electrons. The number of carbonyl (C=O) groups excluding carboxylic acids is 2. The molecule has 5 nitrogen and oxygen atoms in total. The summed E-state index contributed by atoms with van der Waals surface area (Å²) in [6.07, 6.45) is -1.69. The Morgan fingerprint density at radius 1 is 1.05 bits per heavy atom. The summed E-state index contributed by atoms with van der Waals surface area (Å²) in [7, 11) is 0. The molecule has 10 heteroatoms. The maximum Gasteiger partial charge on any atom is 0.435 e. The molecule has 0 saturated carbocycles. The maximum absolute atomic E-state index is 14.1. The minimum Gasteiger partial charge on any atom is -0.298 e. The van der Waals surface area contributed by atoms with E-state index in [4.69, 9.17) is 0 Å². The molecule has 4 aromatic rings. The van der Waals surface area contributed by atoms with Crippen molar-refractivity contribution in [1.82, 2.24) is 14.8 Å². The Hall–Kier alpha value is -4.21. The molecule has 0 saturated heterocycles. The molecule has 2 aromatic carbocycles. The molecule has 0 aliphatic heterocycles. The fourth-order valence-corrected chi connectivity index (χ4v) is 6.06. The van der Waals surface area contributed by atoms with Crippen LogP contribution in [-0.4, -0.2) is 26.3 Å². The summed E-state index contributed by atoms with van der Waals surface area (Å²) >= 11 is 0. The van der Waals surface area contributed by atoms with Gasteiger partial charge in [0.25, 0.3) is 0 Å². The van der Waals surface area contributed by atoms with Gasteiger partial charge in [0, 0.05) is 47.0 Å². The highest BCUT2D eigenvalue weighted by atomic mass is 19.4. The van der Waals surface area contributed by atoms with Gasteiger partial charge >= 0.3 is 6.18 Å². The molecule has 224 valence electrons. The summed E-state index contributed by atoms with van der Waals surface area (Å²) in [5.41, 5.74) is 2.16. The molecule has 1 aliphatic carbocycles. The number of hydrogen-bond donors (Lipinski definition) is 0. The molecular weight excluding hydrogens is 565 g/mol. The van der Waals surface area contributed by atoms with E-state index in [0.717, 1.165) is 6.07 Å². The smallest absolute Gasteiger partial charge is 0.298 e. The second kappa shape index (κ2) is 12.2. The molecule has 43 heavy (non-hydrogen) atoms. The molecule has 0 spiro atoms. The van der Waals surface area contributed by atoms with E-state index >= 15 is 0 Å². The highest BCUT2D eigenvalue weighted by Crippen LogP contribution is 2.40. The summed E-state index contributed by atoms with van der Waals surface area (Å²) in [5, 5.41) is 3.86. The number of aromatic nitrogens is 3. The molecular formula is C33H30F5N3O2. The Labute approximate surface area is 245 Å². The lowest BCUT2D eigenvalue weighted by molar-refractivity contribution is -0.142. The van der Waals surface area contributed by atoms with Crippen molar-refractivity contribution in [3.63, 3.8) is 0 Å². The molecule has 5 rings (SSSR count). The van der Waals surface area contributed by atoms with Crippen LogP contribution < -0.4 is 0 Å². The SMILES string of the molecule is CC(=O)c1cccc(-c2cccnc2[C@@H](CC(=O)Cn2nc(C(F)(F)F)c3c2C(C)CCC3)Cc2cc(F)cc(F)c2)c1. The van der Waals surface area contributed by atoms with Crippen molar-refractivity contribution in [3.8, 4) is 11.1 Å². The van der Waals surface area contributed by atoms with Gasteiger partial charge in [0.05, 0.1) is 12.2 Å². The van der Waals surface area contributed by atoms with Crippen LogP contribution in [0.15, 0.2) is 60.8 Å². The molecule has 0 amide bonds. The second-order valence-corrected chi connectivity index (χ2v) is 11.2. The largest absolute Gasteiger partial charge is 0.435 e. The number of fused-ring (bicyclic) bond motifs is 1. The molecule has 2 heterocycles. The Bertz CT molecular complexity index is 1660. The first kappa shape index (κ1) is 30.3. The zero-order valence-electron chi connectivity index (χ0n) is 23.7. The van der Waals surface area contributed by atoms with Crippen LogP contribution in [0.4, 0.5) is 22.0 Å². The van der Waals surface area contributed by atoms with Gasteiger partial charge in [-0.1, -0.05) is 31.2 Å². The van der Waals surface area contributed by atoms with Gasteiger partial charge in [0.15, 0.2) is 17.3 Å². The zero-order valence-corrected chi connectivity index (χ0v) is 23.7. The van der Waals surface area contributed by atoms with E-state index < -0.39 is 35.2 Å². The number of alkyl halides is 3. The van der Waals surface area contributed by atoms with Crippen LogP contribution in [0.1, 0.15) is 83.5 Å². The van der Waals surface area contributed by atoms with Crippen LogP contribution in [0.3, 0.4) is 0 Å². The van der Waals surface area contributed by atoms with Gasteiger partial charge in [-0.15, -0.1) is 0 Å². The third-order valence-corrected chi connectivity index (χ3v) is 7.90. The summed E-state index contributed by atoms with van der Waals surface area (Å²) in [4.78, 5) is 30.2. The van der Waals surface area contributed by atoms with Crippen molar-refractivity contribution in [2.24, 2.45) is 0 Å². The van der Waals surface area contributed by atoms with E-state index in [0.29, 0.717) is 46.5 Å². The highest BCUT2D eigenvalue weighted by molar-refractivity contribution is 5.95. The second-order valence-electron chi connectivity index (χ2n) is 11.2. The van der Waals surface area contributed by atoms with Crippen LogP contribution >= 0.6 is 0 Å². The molecule has 0 N–H and O–H groups in total. The lowest BCUT2D eigenvalue weighted by Crippen LogP contribution is -2.20. The number of nitrogens with zero attached hydrogens (tertiary/aromatic N) is 3. The number of Topliss-reactive ketones (excluding diaryl/α,β-unsaturated/α-hetero) is 2. The van der Waals surface area contributed by atoms with Gasteiger partial charge in [-0.3, -0.25) is 19.3 Å². The van der Waals surface area contributed by atoms with Crippen molar-refractivity contribution in [2.75, 3.05) is 0 Å². The lowest BCUT2D eigenvalue weighted by atomic mass is 9.86. The van der Waals surface area contributed by atoms with E-state index in [2.05, 4.69) is 10.1 Å². The number of pyridine rings is 1. The van der Waals surface area contributed by atoms with Crippen molar-refractivity contribution < 1.29 is 31.5 Å². The molecule has 2 atom stereocenters. The van der Waals surface area contributed by atoms with Gasteiger partial charge in [-0.25, -0.2) is 8.78 Å². The summed E-state index contributed by atoms with van der Waals surface area (Å²) in [5.74, 6) is -2.95. The van der Waals surface area contributed by atoms with E-state index in [1.54, 1.807) is 42.6 Å². The van der Waals surface area contributed by atoms with Gasteiger partial charge < -0.3 is 0 Å². The minimum atomic E-state index is -4.64. The number of carbonyl (C=O) groups is 2. The summed E-state index contributed by atoms with van der Waals surface area (Å²) < 4.78 is 70.9. The number of rotatable bonds is 9. The van der Waals surface area contributed by atoms with E-state index in [1.807, 2.05) is 6.92 Å². The van der Waals surface area contributed by atoms with Crippen molar-refractivity contribution >= 4 is 11.6 Å². The van der Waals surface area contributed by atoms with Crippen LogP contribution in [0, 0.1) is 11.6 Å². The Morgan fingerprint density at radius 2 is 1.79 bits per heavy atom.